The first-order valence-electron chi connectivity index (χ1n) is 7.28. The van der Waals surface area contributed by atoms with Crippen LogP contribution in [0.1, 0.15) is 46.5 Å². The van der Waals surface area contributed by atoms with E-state index in [0.717, 1.165) is 32.0 Å². The predicted octanol–water partition coefficient (Wildman–Crippen LogP) is 2.14. The van der Waals surface area contributed by atoms with Gasteiger partial charge in [0.25, 0.3) is 0 Å². The first kappa shape index (κ1) is 15.3. The standard InChI is InChI=1S/C14H29N3O/c1-4-18-13(11(2)3)8-9-16-14(15)17-10-12-6-5-7-12/h11-13H,4-10H2,1-3H3,(H3,15,16,17). The lowest BCUT2D eigenvalue weighted by Gasteiger charge is -2.23. The van der Waals surface area contributed by atoms with Gasteiger partial charge in [0.05, 0.1) is 6.10 Å². The van der Waals surface area contributed by atoms with Crippen LogP contribution in [0.15, 0.2) is 4.99 Å². The maximum Gasteiger partial charge on any atom is 0.188 e. The maximum atomic E-state index is 5.84. The SMILES string of the molecule is CCOC(CCNC(N)=NCC1CCC1)C(C)C. The number of nitrogens with two attached hydrogens (primary N) is 1. The van der Waals surface area contributed by atoms with Gasteiger partial charge in [-0.25, -0.2) is 0 Å². The second kappa shape index (κ2) is 8.35. The molecule has 3 N–H and O–H groups in total. The number of rotatable bonds is 8. The molecule has 1 atom stereocenters. The van der Waals surface area contributed by atoms with Crippen LogP contribution in [0.25, 0.3) is 0 Å². The molecule has 1 fully saturated rings. The molecule has 0 aromatic rings. The molecule has 0 saturated heterocycles. The first-order valence-corrected chi connectivity index (χ1v) is 7.28. The predicted molar refractivity (Wildman–Crippen MR) is 76.7 cm³/mol. The van der Waals surface area contributed by atoms with Crippen molar-refractivity contribution >= 4 is 5.96 Å². The average molecular weight is 255 g/mol. The maximum absolute atomic E-state index is 5.84. The molecule has 18 heavy (non-hydrogen) atoms. The Morgan fingerprint density at radius 3 is 2.67 bits per heavy atom. The van der Waals surface area contributed by atoms with Gasteiger partial charge in [-0.3, -0.25) is 4.99 Å². The van der Waals surface area contributed by atoms with E-state index < -0.39 is 0 Å². The molecular formula is C14H29N3O. The summed E-state index contributed by atoms with van der Waals surface area (Å²) in [6.07, 6.45) is 5.28. The largest absolute Gasteiger partial charge is 0.378 e. The van der Waals surface area contributed by atoms with Crippen molar-refractivity contribution in [2.75, 3.05) is 19.7 Å². The van der Waals surface area contributed by atoms with Crippen LogP contribution in [0.2, 0.25) is 0 Å². The van der Waals surface area contributed by atoms with Crippen LogP contribution < -0.4 is 11.1 Å². The summed E-state index contributed by atoms with van der Waals surface area (Å²) in [6, 6.07) is 0. The fraction of sp³-hybridized carbons (Fsp3) is 0.929. The zero-order valence-corrected chi connectivity index (χ0v) is 12.1. The molecule has 0 heterocycles. The van der Waals surface area contributed by atoms with E-state index in [-0.39, 0.29) is 0 Å². The number of hydrogen-bond donors (Lipinski definition) is 2. The van der Waals surface area contributed by atoms with Crippen molar-refractivity contribution < 1.29 is 4.74 Å². The van der Waals surface area contributed by atoms with E-state index in [0.29, 0.717) is 18.0 Å². The molecule has 1 aliphatic rings. The number of guanidine groups is 1. The Balaban J connectivity index is 2.13. The fourth-order valence-electron chi connectivity index (χ4n) is 2.12. The molecule has 4 nitrogen and oxygen atoms in total. The minimum Gasteiger partial charge on any atom is -0.378 e. The zero-order valence-electron chi connectivity index (χ0n) is 12.1. The molecule has 1 unspecified atom stereocenters. The summed E-state index contributed by atoms with van der Waals surface area (Å²) in [6.45, 7) is 8.91. The van der Waals surface area contributed by atoms with Crippen LogP contribution >= 0.6 is 0 Å². The van der Waals surface area contributed by atoms with Gasteiger partial charge in [0, 0.05) is 19.7 Å². The fourth-order valence-corrected chi connectivity index (χ4v) is 2.12. The summed E-state index contributed by atoms with van der Waals surface area (Å²) in [5.41, 5.74) is 5.84. The molecule has 4 heteroatoms. The monoisotopic (exact) mass is 255 g/mol. The van der Waals surface area contributed by atoms with Crippen molar-refractivity contribution in [1.29, 1.82) is 0 Å². The van der Waals surface area contributed by atoms with Crippen LogP contribution in [-0.2, 0) is 4.74 Å². The Bertz CT molecular complexity index is 249. The molecule has 0 amide bonds. The zero-order chi connectivity index (χ0) is 13.4. The van der Waals surface area contributed by atoms with Crippen LogP contribution in [0.4, 0.5) is 0 Å². The highest BCUT2D eigenvalue weighted by atomic mass is 16.5. The minimum atomic E-state index is 0.307. The van der Waals surface area contributed by atoms with Crippen molar-refractivity contribution in [1.82, 2.24) is 5.32 Å². The van der Waals surface area contributed by atoms with E-state index in [4.69, 9.17) is 10.5 Å². The van der Waals surface area contributed by atoms with Gasteiger partial charge in [-0.15, -0.1) is 0 Å². The van der Waals surface area contributed by atoms with Gasteiger partial charge < -0.3 is 15.8 Å². The third-order valence-electron chi connectivity index (χ3n) is 3.60. The average Bonchev–Trinajstić information content (AvgIpc) is 2.25. The van der Waals surface area contributed by atoms with Crippen LogP contribution in [0, 0.1) is 11.8 Å². The molecular weight excluding hydrogens is 226 g/mol. The van der Waals surface area contributed by atoms with E-state index in [1.165, 1.54) is 19.3 Å². The van der Waals surface area contributed by atoms with Gasteiger partial charge in [-0.05, 0) is 38.0 Å². The molecule has 0 bridgehead atoms. The summed E-state index contributed by atoms with van der Waals surface area (Å²) in [4.78, 5) is 4.38. The van der Waals surface area contributed by atoms with Crippen molar-refractivity contribution in [2.24, 2.45) is 22.6 Å². The highest BCUT2D eigenvalue weighted by molar-refractivity contribution is 5.77. The highest BCUT2D eigenvalue weighted by Gasteiger charge is 2.16. The topological polar surface area (TPSA) is 59.6 Å². The highest BCUT2D eigenvalue weighted by Crippen LogP contribution is 2.26. The smallest absolute Gasteiger partial charge is 0.188 e. The van der Waals surface area contributed by atoms with E-state index in [9.17, 15) is 0 Å². The molecule has 0 aliphatic heterocycles. The van der Waals surface area contributed by atoms with E-state index in [2.05, 4.69) is 24.2 Å². The number of nitrogens with one attached hydrogen (secondary N) is 1. The van der Waals surface area contributed by atoms with E-state index >= 15 is 0 Å². The Kier molecular flexibility index (Phi) is 7.09. The third kappa shape index (κ3) is 5.71. The summed E-state index contributed by atoms with van der Waals surface area (Å²) < 4.78 is 5.69. The van der Waals surface area contributed by atoms with Gasteiger partial charge in [0.2, 0.25) is 0 Å². The van der Waals surface area contributed by atoms with Crippen molar-refractivity contribution in [3.8, 4) is 0 Å². The van der Waals surface area contributed by atoms with Gasteiger partial charge in [-0.2, -0.15) is 0 Å². The summed E-state index contributed by atoms with van der Waals surface area (Å²) >= 11 is 0. The second-order valence-electron chi connectivity index (χ2n) is 5.48. The first-order chi connectivity index (χ1) is 8.63. The lowest BCUT2D eigenvalue weighted by molar-refractivity contribution is 0.0258. The Morgan fingerprint density at radius 2 is 2.17 bits per heavy atom. The van der Waals surface area contributed by atoms with E-state index in [1.807, 2.05) is 6.92 Å². The van der Waals surface area contributed by atoms with Gasteiger partial charge in [0.1, 0.15) is 0 Å². The van der Waals surface area contributed by atoms with Crippen LogP contribution in [-0.4, -0.2) is 31.8 Å². The second-order valence-corrected chi connectivity index (χ2v) is 5.48. The molecule has 0 spiro atoms. The Hall–Kier alpha value is -0.770. The van der Waals surface area contributed by atoms with Gasteiger partial charge >= 0.3 is 0 Å². The lowest BCUT2D eigenvalue weighted by atomic mass is 9.86. The van der Waals surface area contributed by atoms with Crippen molar-refractivity contribution in [3.63, 3.8) is 0 Å². The van der Waals surface area contributed by atoms with Crippen molar-refractivity contribution in [3.05, 3.63) is 0 Å². The molecule has 1 saturated carbocycles. The van der Waals surface area contributed by atoms with Gasteiger partial charge in [0.15, 0.2) is 5.96 Å². The Morgan fingerprint density at radius 1 is 1.44 bits per heavy atom. The molecule has 0 aromatic carbocycles. The van der Waals surface area contributed by atoms with Crippen LogP contribution in [0.5, 0.6) is 0 Å². The van der Waals surface area contributed by atoms with Crippen molar-refractivity contribution in [2.45, 2.75) is 52.6 Å². The Labute approximate surface area is 111 Å². The van der Waals surface area contributed by atoms with Gasteiger partial charge in [-0.1, -0.05) is 20.3 Å². The third-order valence-corrected chi connectivity index (χ3v) is 3.60. The minimum absolute atomic E-state index is 0.307. The summed E-state index contributed by atoms with van der Waals surface area (Å²) in [7, 11) is 0. The molecule has 1 aliphatic carbocycles. The molecule has 1 rings (SSSR count). The quantitative estimate of drug-likeness (QED) is 0.516. The molecule has 0 aromatic heterocycles. The summed E-state index contributed by atoms with van der Waals surface area (Å²) in [5.74, 6) is 1.90. The van der Waals surface area contributed by atoms with E-state index in [1.54, 1.807) is 0 Å². The summed E-state index contributed by atoms with van der Waals surface area (Å²) in [5, 5.41) is 3.18. The number of hydrogen-bond acceptors (Lipinski definition) is 2. The number of ether oxygens (including phenoxy) is 1. The lowest BCUT2D eigenvalue weighted by Crippen LogP contribution is -2.35. The number of aliphatic imine (C=N–C) groups is 1. The normalized spacial score (nSPS) is 18.8. The molecule has 0 radical (unpaired) electrons. The number of nitrogens with zero attached hydrogens (tertiary/aromatic N) is 1. The van der Waals surface area contributed by atoms with Crippen LogP contribution in [0.3, 0.4) is 0 Å². The molecule has 106 valence electrons.